The molecule has 1 atom stereocenters. The fourth-order valence-electron chi connectivity index (χ4n) is 2.01. The van der Waals surface area contributed by atoms with E-state index in [1.54, 1.807) is 7.05 Å². The normalized spacial score (nSPS) is 14.2. The van der Waals surface area contributed by atoms with Crippen molar-refractivity contribution in [2.75, 3.05) is 27.7 Å². The summed E-state index contributed by atoms with van der Waals surface area (Å²) in [4.78, 5) is 6.33. The summed E-state index contributed by atoms with van der Waals surface area (Å²) in [6.07, 6.45) is 0. The van der Waals surface area contributed by atoms with Gasteiger partial charge in [-0.15, -0.1) is 0 Å². The highest BCUT2D eigenvalue weighted by molar-refractivity contribution is 5.80. The maximum absolute atomic E-state index is 13.0. The summed E-state index contributed by atoms with van der Waals surface area (Å²) in [5.74, 6) is 0.547. The van der Waals surface area contributed by atoms with Gasteiger partial charge < -0.3 is 15.5 Å². The van der Waals surface area contributed by atoms with E-state index in [9.17, 15) is 4.39 Å². The number of halogens is 1. The van der Waals surface area contributed by atoms with E-state index in [1.165, 1.54) is 12.1 Å². The van der Waals surface area contributed by atoms with Gasteiger partial charge in [0.2, 0.25) is 0 Å². The van der Waals surface area contributed by atoms with Crippen LogP contribution in [0.5, 0.6) is 0 Å². The van der Waals surface area contributed by atoms with Gasteiger partial charge in [-0.2, -0.15) is 0 Å². The molecule has 0 amide bonds. The van der Waals surface area contributed by atoms with Crippen LogP contribution in [-0.2, 0) is 0 Å². The van der Waals surface area contributed by atoms with E-state index in [-0.39, 0.29) is 17.4 Å². The predicted octanol–water partition coefficient (Wildman–Crippen LogP) is 2.39. The summed E-state index contributed by atoms with van der Waals surface area (Å²) < 4.78 is 13.0. The summed E-state index contributed by atoms with van der Waals surface area (Å²) >= 11 is 0. The van der Waals surface area contributed by atoms with Crippen molar-refractivity contribution in [2.45, 2.75) is 32.4 Å². The van der Waals surface area contributed by atoms with E-state index in [4.69, 9.17) is 0 Å². The van der Waals surface area contributed by atoms with Crippen LogP contribution in [0.2, 0.25) is 0 Å². The van der Waals surface area contributed by atoms with Crippen molar-refractivity contribution in [2.24, 2.45) is 4.99 Å². The second-order valence-electron chi connectivity index (χ2n) is 6.36. The summed E-state index contributed by atoms with van der Waals surface area (Å²) in [6.45, 7) is 6.95. The van der Waals surface area contributed by atoms with Crippen LogP contribution in [0, 0.1) is 5.82 Å². The Morgan fingerprint density at radius 2 is 1.81 bits per heavy atom. The zero-order valence-corrected chi connectivity index (χ0v) is 13.9. The van der Waals surface area contributed by atoms with Gasteiger partial charge in [0.15, 0.2) is 5.96 Å². The molecule has 1 aromatic rings. The van der Waals surface area contributed by atoms with Gasteiger partial charge >= 0.3 is 0 Å². The third-order valence-electron chi connectivity index (χ3n) is 3.06. The quantitative estimate of drug-likeness (QED) is 0.661. The Hall–Kier alpha value is -1.62. The number of hydrogen-bond donors (Lipinski definition) is 2. The Balaban J connectivity index is 2.73. The van der Waals surface area contributed by atoms with Gasteiger partial charge in [0.05, 0.1) is 6.04 Å². The molecule has 0 aliphatic heterocycles. The number of guanidine groups is 1. The smallest absolute Gasteiger partial charge is 0.191 e. The van der Waals surface area contributed by atoms with Crippen molar-refractivity contribution in [1.82, 2.24) is 15.5 Å². The minimum atomic E-state index is -0.213. The first kappa shape index (κ1) is 17.4. The van der Waals surface area contributed by atoms with E-state index in [1.807, 2.05) is 26.2 Å². The Morgan fingerprint density at radius 3 is 2.24 bits per heavy atom. The minimum Gasteiger partial charge on any atom is -0.354 e. The van der Waals surface area contributed by atoms with Crippen molar-refractivity contribution in [1.29, 1.82) is 0 Å². The highest BCUT2D eigenvalue weighted by Crippen LogP contribution is 2.17. The number of nitrogens with zero attached hydrogens (tertiary/aromatic N) is 2. The number of benzene rings is 1. The molecule has 0 aliphatic rings. The van der Waals surface area contributed by atoms with Crippen molar-refractivity contribution in [3.8, 4) is 0 Å². The molecule has 21 heavy (non-hydrogen) atoms. The van der Waals surface area contributed by atoms with E-state index < -0.39 is 0 Å². The third-order valence-corrected chi connectivity index (χ3v) is 3.06. The number of hydrogen-bond acceptors (Lipinski definition) is 2. The van der Waals surface area contributed by atoms with Crippen LogP contribution in [0.3, 0.4) is 0 Å². The SMILES string of the molecule is CN=C(NCC(c1ccc(F)cc1)N(C)C)NC(C)(C)C. The lowest BCUT2D eigenvalue weighted by Gasteiger charge is -2.28. The molecule has 0 aliphatic carbocycles. The molecule has 5 heteroatoms. The Kier molecular flexibility index (Phi) is 6.15. The first-order chi connectivity index (χ1) is 9.73. The summed E-state index contributed by atoms with van der Waals surface area (Å²) in [7, 11) is 5.77. The lowest BCUT2D eigenvalue weighted by Crippen LogP contribution is -2.49. The van der Waals surface area contributed by atoms with Crippen molar-refractivity contribution < 1.29 is 4.39 Å². The van der Waals surface area contributed by atoms with Crippen LogP contribution in [0.15, 0.2) is 29.3 Å². The summed E-state index contributed by atoms with van der Waals surface area (Å²) in [5, 5.41) is 6.65. The van der Waals surface area contributed by atoms with Crippen molar-refractivity contribution in [3.05, 3.63) is 35.6 Å². The van der Waals surface area contributed by atoms with E-state index in [2.05, 4.69) is 41.3 Å². The maximum atomic E-state index is 13.0. The van der Waals surface area contributed by atoms with Gasteiger partial charge in [-0.05, 0) is 52.6 Å². The molecule has 0 radical (unpaired) electrons. The highest BCUT2D eigenvalue weighted by atomic mass is 19.1. The molecular weight excluding hydrogens is 267 g/mol. The second kappa shape index (κ2) is 7.41. The topological polar surface area (TPSA) is 39.7 Å². The largest absolute Gasteiger partial charge is 0.354 e. The van der Waals surface area contributed by atoms with Gasteiger partial charge in [0.25, 0.3) is 0 Å². The summed E-state index contributed by atoms with van der Waals surface area (Å²) in [5.41, 5.74) is 1.02. The molecule has 0 aromatic heterocycles. The van der Waals surface area contributed by atoms with Gasteiger partial charge in [0, 0.05) is 19.1 Å². The molecule has 1 rings (SSSR count). The minimum absolute atomic E-state index is 0.0503. The lowest BCUT2D eigenvalue weighted by molar-refractivity contribution is 0.297. The molecule has 0 heterocycles. The number of likely N-dealkylation sites (N-methyl/N-ethyl adjacent to an activating group) is 1. The Bertz CT molecular complexity index is 460. The van der Waals surface area contributed by atoms with Crippen LogP contribution in [0.4, 0.5) is 4.39 Å². The molecule has 0 saturated heterocycles. The standard InChI is InChI=1S/C16H27FN4/c1-16(2,3)20-15(18-4)19-11-14(21(5)6)12-7-9-13(17)10-8-12/h7-10,14H,11H2,1-6H3,(H2,18,19,20). The zero-order valence-electron chi connectivity index (χ0n) is 13.9. The highest BCUT2D eigenvalue weighted by Gasteiger charge is 2.16. The molecule has 4 nitrogen and oxygen atoms in total. The number of aliphatic imine (C=N–C) groups is 1. The Labute approximate surface area is 127 Å². The van der Waals surface area contributed by atoms with Gasteiger partial charge in [-0.25, -0.2) is 4.39 Å². The lowest BCUT2D eigenvalue weighted by atomic mass is 10.1. The van der Waals surface area contributed by atoms with Gasteiger partial charge in [0.1, 0.15) is 5.82 Å². The van der Waals surface area contributed by atoms with Crippen LogP contribution >= 0.6 is 0 Å². The van der Waals surface area contributed by atoms with Crippen LogP contribution in [0.25, 0.3) is 0 Å². The second-order valence-corrected chi connectivity index (χ2v) is 6.36. The molecule has 1 aromatic carbocycles. The molecular formula is C16H27FN4. The van der Waals surface area contributed by atoms with Crippen LogP contribution in [-0.4, -0.2) is 44.1 Å². The molecule has 0 bridgehead atoms. The average Bonchev–Trinajstić information content (AvgIpc) is 2.38. The predicted molar refractivity (Wildman–Crippen MR) is 87.1 cm³/mol. The molecule has 0 fully saturated rings. The van der Waals surface area contributed by atoms with E-state index in [0.29, 0.717) is 6.54 Å². The fourth-order valence-corrected chi connectivity index (χ4v) is 2.01. The van der Waals surface area contributed by atoms with E-state index >= 15 is 0 Å². The molecule has 2 N–H and O–H groups in total. The van der Waals surface area contributed by atoms with Gasteiger partial charge in [-0.3, -0.25) is 4.99 Å². The molecule has 0 saturated carbocycles. The van der Waals surface area contributed by atoms with Crippen LogP contribution < -0.4 is 10.6 Å². The average molecular weight is 294 g/mol. The number of rotatable bonds is 4. The van der Waals surface area contributed by atoms with Crippen LogP contribution in [0.1, 0.15) is 32.4 Å². The van der Waals surface area contributed by atoms with Crippen molar-refractivity contribution >= 4 is 5.96 Å². The number of nitrogens with one attached hydrogen (secondary N) is 2. The first-order valence-corrected chi connectivity index (χ1v) is 7.13. The molecule has 118 valence electrons. The van der Waals surface area contributed by atoms with E-state index in [0.717, 1.165) is 11.5 Å². The third kappa shape index (κ3) is 6.12. The van der Waals surface area contributed by atoms with Gasteiger partial charge in [-0.1, -0.05) is 12.1 Å². The monoisotopic (exact) mass is 294 g/mol. The fraction of sp³-hybridized carbons (Fsp3) is 0.562. The van der Waals surface area contributed by atoms with Crippen molar-refractivity contribution in [3.63, 3.8) is 0 Å². The summed E-state index contributed by atoms with van der Waals surface area (Å²) in [6, 6.07) is 6.77. The molecule has 0 spiro atoms. The maximum Gasteiger partial charge on any atom is 0.191 e. The Morgan fingerprint density at radius 1 is 1.24 bits per heavy atom. The first-order valence-electron chi connectivity index (χ1n) is 7.13. The molecule has 1 unspecified atom stereocenters. The zero-order chi connectivity index (χ0) is 16.0.